The summed E-state index contributed by atoms with van der Waals surface area (Å²) < 4.78 is 25.8. The van der Waals surface area contributed by atoms with Gasteiger partial charge in [0.15, 0.2) is 0 Å². The lowest BCUT2D eigenvalue weighted by molar-refractivity contribution is 0.251. The number of halogens is 2. The van der Waals surface area contributed by atoms with Gasteiger partial charge in [0.1, 0.15) is 11.6 Å². The standard InChI is InChI=1S/C12H16F2N2O2/c13-9-4-5-11(10(14)8-9)16-12(18)15-6-2-1-3-7-17/h4-5,8,17H,1-3,6-7H2,(H2,15,16,18). The number of carbonyl (C=O) groups excluding carboxylic acids is 1. The number of urea groups is 1. The molecule has 0 aliphatic rings. The molecular formula is C12H16F2N2O2. The van der Waals surface area contributed by atoms with Crippen LogP contribution < -0.4 is 10.6 Å². The smallest absolute Gasteiger partial charge is 0.319 e. The van der Waals surface area contributed by atoms with Crippen LogP contribution in [0.3, 0.4) is 0 Å². The van der Waals surface area contributed by atoms with Gasteiger partial charge in [0.25, 0.3) is 0 Å². The summed E-state index contributed by atoms with van der Waals surface area (Å²) in [6, 6.07) is 2.40. The minimum Gasteiger partial charge on any atom is -0.396 e. The molecule has 0 heterocycles. The third-order valence-electron chi connectivity index (χ3n) is 2.30. The highest BCUT2D eigenvalue weighted by molar-refractivity contribution is 5.89. The summed E-state index contributed by atoms with van der Waals surface area (Å²) >= 11 is 0. The molecule has 0 aromatic heterocycles. The first kappa shape index (κ1) is 14.4. The number of aliphatic hydroxyl groups is 1. The highest BCUT2D eigenvalue weighted by Gasteiger charge is 2.06. The van der Waals surface area contributed by atoms with Gasteiger partial charge in [0.05, 0.1) is 5.69 Å². The van der Waals surface area contributed by atoms with Crippen molar-refractivity contribution in [2.24, 2.45) is 0 Å². The quantitative estimate of drug-likeness (QED) is 0.685. The van der Waals surface area contributed by atoms with Crippen LogP contribution in [-0.2, 0) is 0 Å². The molecular weight excluding hydrogens is 242 g/mol. The normalized spacial score (nSPS) is 10.2. The van der Waals surface area contributed by atoms with Crippen molar-refractivity contribution >= 4 is 11.7 Å². The largest absolute Gasteiger partial charge is 0.396 e. The number of amides is 2. The van der Waals surface area contributed by atoms with Crippen LogP contribution in [0.15, 0.2) is 18.2 Å². The van der Waals surface area contributed by atoms with Crippen LogP contribution in [-0.4, -0.2) is 24.3 Å². The second kappa shape index (κ2) is 7.60. The first-order valence-corrected chi connectivity index (χ1v) is 5.74. The molecule has 0 saturated heterocycles. The molecule has 0 unspecified atom stereocenters. The zero-order chi connectivity index (χ0) is 13.4. The predicted octanol–water partition coefficient (Wildman–Crippen LogP) is 2.25. The van der Waals surface area contributed by atoms with Crippen LogP contribution in [0.2, 0.25) is 0 Å². The van der Waals surface area contributed by atoms with E-state index in [4.69, 9.17) is 5.11 Å². The first-order chi connectivity index (χ1) is 8.63. The predicted molar refractivity (Wildman–Crippen MR) is 64.3 cm³/mol. The molecule has 1 aromatic rings. The lowest BCUT2D eigenvalue weighted by Crippen LogP contribution is -2.29. The Balaban J connectivity index is 2.31. The van der Waals surface area contributed by atoms with E-state index in [1.54, 1.807) is 0 Å². The Hall–Kier alpha value is -1.69. The first-order valence-electron chi connectivity index (χ1n) is 5.74. The highest BCUT2D eigenvalue weighted by Crippen LogP contribution is 2.14. The Labute approximate surface area is 104 Å². The maximum atomic E-state index is 13.2. The molecule has 0 spiro atoms. The lowest BCUT2D eigenvalue weighted by Gasteiger charge is -2.08. The number of rotatable bonds is 6. The summed E-state index contributed by atoms with van der Waals surface area (Å²) in [7, 11) is 0. The van der Waals surface area contributed by atoms with Crippen LogP contribution in [0.1, 0.15) is 19.3 Å². The number of hydrogen-bond acceptors (Lipinski definition) is 2. The highest BCUT2D eigenvalue weighted by atomic mass is 19.1. The van der Waals surface area contributed by atoms with E-state index >= 15 is 0 Å². The number of carbonyl (C=O) groups is 1. The van der Waals surface area contributed by atoms with Crippen LogP contribution in [0, 0.1) is 11.6 Å². The van der Waals surface area contributed by atoms with Gasteiger partial charge in [0, 0.05) is 19.2 Å². The van der Waals surface area contributed by atoms with E-state index in [-0.39, 0.29) is 12.3 Å². The molecule has 3 N–H and O–H groups in total. The van der Waals surface area contributed by atoms with E-state index in [1.807, 2.05) is 0 Å². The van der Waals surface area contributed by atoms with Crippen molar-refractivity contribution in [1.29, 1.82) is 0 Å². The summed E-state index contributed by atoms with van der Waals surface area (Å²) in [5.41, 5.74) is -0.0655. The summed E-state index contributed by atoms with van der Waals surface area (Å²) in [6.07, 6.45) is 2.23. The summed E-state index contributed by atoms with van der Waals surface area (Å²) in [5, 5.41) is 13.4. The van der Waals surface area contributed by atoms with E-state index in [0.717, 1.165) is 25.0 Å². The molecule has 1 rings (SSSR count). The number of aliphatic hydroxyl groups excluding tert-OH is 1. The van der Waals surface area contributed by atoms with Crippen molar-refractivity contribution in [3.63, 3.8) is 0 Å². The van der Waals surface area contributed by atoms with Gasteiger partial charge in [-0.15, -0.1) is 0 Å². The number of benzene rings is 1. The maximum absolute atomic E-state index is 13.2. The molecule has 6 heteroatoms. The van der Waals surface area contributed by atoms with E-state index in [1.165, 1.54) is 0 Å². The van der Waals surface area contributed by atoms with Crippen molar-refractivity contribution in [3.05, 3.63) is 29.8 Å². The van der Waals surface area contributed by atoms with Gasteiger partial charge in [-0.2, -0.15) is 0 Å². The fourth-order valence-corrected chi connectivity index (χ4v) is 1.37. The van der Waals surface area contributed by atoms with Crippen LogP contribution in [0.5, 0.6) is 0 Å². The van der Waals surface area contributed by atoms with Crippen LogP contribution >= 0.6 is 0 Å². The molecule has 18 heavy (non-hydrogen) atoms. The number of unbranched alkanes of at least 4 members (excludes halogenated alkanes) is 2. The van der Waals surface area contributed by atoms with Gasteiger partial charge < -0.3 is 15.7 Å². The third-order valence-corrected chi connectivity index (χ3v) is 2.30. The van der Waals surface area contributed by atoms with Crippen molar-refractivity contribution in [2.45, 2.75) is 19.3 Å². The average molecular weight is 258 g/mol. The zero-order valence-electron chi connectivity index (χ0n) is 9.88. The molecule has 0 aliphatic heterocycles. The fourth-order valence-electron chi connectivity index (χ4n) is 1.37. The number of nitrogens with one attached hydrogen (secondary N) is 2. The van der Waals surface area contributed by atoms with E-state index < -0.39 is 17.7 Å². The van der Waals surface area contributed by atoms with Gasteiger partial charge >= 0.3 is 6.03 Å². The number of anilines is 1. The number of hydrogen-bond donors (Lipinski definition) is 3. The summed E-state index contributed by atoms with van der Waals surface area (Å²) in [6.45, 7) is 0.571. The van der Waals surface area contributed by atoms with Gasteiger partial charge in [-0.25, -0.2) is 13.6 Å². The minimum absolute atomic E-state index is 0.0655. The van der Waals surface area contributed by atoms with Crippen LogP contribution in [0.4, 0.5) is 19.3 Å². The zero-order valence-corrected chi connectivity index (χ0v) is 9.88. The molecule has 0 radical (unpaired) electrons. The lowest BCUT2D eigenvalue weighted by atomic mass is 10.2. The van der Waals surface area contributed by atoms with Gasteiger partial charge in [0.2, 0.25) is 0 Å². The monoisotopic (exact) mass is 258 g/mol. The summed E-state index contributed by atoms with van der Waals surface area (Å²) in [5.74, 6) is -1.51. The summed E-state index contributed by atoms with van der Waals surface area (Å²) in [4.78, 5) is 11.4. The van der Waals surface area contributed by atoms with E-state index in [0.29, 0.717) is 19.0 Å². The maximum Gasteiger partial charge on any atom is 0.319 e. The molecule has 0 aliphatic carbocycles. The Kier molecular flexibility index (Phi) is 6.07. The average Bonchev–Trinajstić information content (AvgIpc) is 2.32. The molecule has 0 saturated carbocycles. The van der Waals surface area contributed by atoms with Crippen molar-refractivity contribution in [3.8, 4) is 0 Å². The molecule has 4 nitrogen and oxygen atoms in total. The van der Waals surface area contributed by atoms with E-state index in [9.17, 15) is 13.6 Å². The van der Waals surface area contributed by atoms with Gasteiger partial charge in [-0.3, -0.25) is 0 Å². The fraction of sp³-hybridized carbons (Fsp3) is 0.417. The molecule has 2 amide bonds. The second-order valence-electron chi connectivity index (χ2n) is 3.79. The minimum atomic E-state index is -0.814. The molecule has 0 bridgehead atoms. The topological polar surface area (TPSA) is 61.4 Å². The second-order valence-corrected chi connectivity index (χ2v) is 3.79. The molecule has 0 fully saturated rings. The SMILES string of the molecule is O=C(NCCCCCO)Nc1ccc(F)cc1F. The molecule has 100 valence electrons. The van der Waals surface area contributed by atoms with E-state index in [2.05, 4.69) is 10.6 Å². The Morgan fingerprint density at radius 2 is 2.00 bits per heavy atom. The van der Waals surface area contributed by atoms with Crippen molar-refractivity contribution in [1.82, 2.24) is 5.32 Å². The molecule has 1 aromatic carbocycles. The Bertz CT molecular complexity index is 400. The van der Waals surface area contributed by atoms with Gasteiger partial charge in [-0.1, -0.05) is 0 Å². The third kappa shape index (κ3) is 5.09. The van der Waals surface area contributed by atoms with Gasteiger partial charge in [-0.05, 0) is 31.4 Å². The Morgan fingerprint density at radius 1 is 1.22 bits per heavy atom. The Morgan fingerprint density at radius 3 is 2.67 bits per heavy atom. The van der Waals surface area contributed by atoms with Crippen molar-refractivity contribution < 1.29 is 18.7 Å². The molecule has 0 atom stereocenters. The van der Waals surface area contributed by atoms with Crippen LogP contribution in [0.25, 0.3) is 0 Å². The van der Waals surface area contributed by atoms with Crippen molar-refractivity contribution in [2.75, 3.05) is 18.5 Å².